The van der Waals surface area contributed by atoms with E-state index in [1.807, 2.05) is 41.0 Å². The molecule has 0 unspecified atom stereocenters. The maximum atomic E-state index is 4.74. The van der Waals surface area contributed by atoms with Gasteiger partial charge in [-0.1, -0.05) is 60.2 Å². The molecule has 2 aromatic heterocycles. The molecule has 0 saturated carbocycles. The highest BCUT2D eigenvalue weighted by Gasteiger charge is 2.09. The molecule has 22 heavy (non-hydrogen) atoms. The SMILES string of the molecule is Cc1ccc(-c2cc3nccc(-c4ccccc4)n3n2)cc1. The Kier molecular flexibility index (Phi) is 2.97. The minimum atomic E-state index is 0.858. The largest absolute Gasteiger partial charge is 0.237 e. The van der Waals surface area contributed by atoms with E-state index in [1.54, 1.807) is 0 Å². The summed E-state index contributed by atoms with van der Waals surface area (Å²) in [7, 11) is 0. The molecule has 0 N–H and O–H groups in total. The third kappa shape index (κ3) is 2.17. The Labute approximate surface area is 128 Å². The molecule has 4 rings (SSSR count). The first-order chi connectivity index (χ1) is 10.8. The van der Waals surface area contributed by atoms with Gasteiger partial charge in [0.2, 0.25) is 0 Å². The van der Waals surface area contributed by atoms with Crippen LogP contribution in [0.3, 0.4) is 0 Å². The molecule has 2 aromatic carbocycles. The number of hydrogen-bond acceptors (Lipinski definition) is 2. The number of aromatic nitrogens is 3. The molecule has 0 amide bonds. The van der Waals surface area contributed by atoms with Crippen LogP contribution in [0.4, 0.5) is 0 Å². The van der Waals surface area contributed by atoms with Crippen LogP contribution in [0.25, 0.3) is 28.2 Å². The Morgan fingerprint density at radius 1 is 0.818 bits per heavy atom. The standard InChI is InChI=1S/C19H15N3/c1-14-7-9-15(10-8-14)17-13-19-20-12-11-18(22(19)21-17)16-5-3-2-4-6-16/h2-13H,1H3. The third-order valence-corrected chi connectivity index (χ3v) is 3.77. The van der Waals surface area contributed by atoms with Crippen LogP contribution in [0.5, 0.6) is 0 Å². The van der Waals surface area contributed by atoms with E-state index in [0.29, 0.717) is 0 Å². The summed E-state index contributed by atoms with van der Waals surface area (Å²) in [6, 6.07) is 22.7. The average molecular weight is 285 g/mol. The number of hydrogen-bond donors (Lipinski definition) is 0. The molecule has 0 radical (unpaired) electrons. The van der Waals surface area contributed by atoms with E-state index in [4.69, 9.17) is 5.10 Å². The molecular formula is C19H15N3. The normalized spacial score (nSPS) is 11.0. The lowest BCUT2D eigenvalue weighted by Crippen LogP contribution is -1.95. The summed E-state index contributed by atoms with van der Waals surface area (Å²) in [6.45, 7) is 2.09. The van der Waals surface area contributed by atoms with Gasteiger partial charge in [-0.2, -0.15) is 5.10 Å². The van der Waals surface area contributed by atoms with E-state index in [-0.39, 0.29) is 0 Å². The molecule has 0 saturated heterocycles. The fourth-order valence-corrected chi connectivity index (χ4v) is 2.59. The summed E-state index contributed by atoms with van der Waals surface area (Å²) < 4.78 is 1.91. The number of fused-ring (bicyclic) bond motifs is 1. The lowest BCUT2D eigenvalue weighted by molar-refractivity contribution is 0.952. The van der Waals surface area contributed by atoms with Crippen molar-refractivity contribution in [2.24, 2.45) is 0 Å². The summed E-state index contributed by atoms with van der Waals surface area (Å²) in [5, 5.41) is 4.74. The second-order valence-electron chi connectivity index (χ2n) is 5.36. The van der Waals surface area contributed by atoms with Crippen molar-refractivity contribution in [3.63, 3.8) is 0 Å². The molecule has 4 aromatic rings. The topological polar surface area (TPSA) is 30.2 Å². The number of benzene rings is 2. The molecule has 0 spiro atoms. The maximum Gasteiger partial charge on any atom is 0.156 e. The fraction of sp³-hybridized carbons (Fsp3) is 0.0526. The first kappa shape index (κ1) is 12.8. The van der Waals surface area contributed by atoms with E-state index in [0.717, 1.165) is 28.2 Å². The van der Waals surface area contributed by atoms with Crippen molar-refractivity contribution in [3.05, 3.63) is 78.5 Å². The summed E-state index contributed by atoms with van der Waals surface area (Å²) in [5.74, 6) is 0. The van der Waals surface area contributed by atoms with E-state index in [1.165, 1.54) is 5.56 Å². The molecule has 2 heterocycles. The van der Waals surface area contributed by atoms with Gasteiger partial charge in [-0.05, 0) is 13.0 Å². The van der Waals surface area contributed by atoms with Gasteiger partial charge in [0.05, 0.1) is 11.4 Å². The summed E-state index contributed by atoms with van der Waals surface area (Å²) in [6.07, 6.45) is 1.83. The van der Waals surface area contributed by atoms with Crippen LogP contribution < -0.4 is 0 Å². The van der Waals surface area contributed by atoms with Gasteiger partial charge in [0.25, 0.3) is 0 Å². The molecule has 0 bridgehead atoms. The second kappa shape index (κ2) is 5.11. The first-order valence-electron chi connectivity index (χ1n) is 7.28. The molecule has 3 heteroatoms. The van der Waals surface area contributed by atoms with Gasteiger partial charge in [0, 0.05) is 23.4 Å². The van der Waals surface area contributed by atoms with Crippen LogP contribution in [-0.4, -0.2) is 14.6 Å². The molecule has 0 aliphatic carbocycles. The number of nitrogens with zero attached hydrogens (tertiary/aromatic N) is 3. The predicted molar refractivity (Wildman–Crippen MR) is 88.6 cm³/mol. The monoisotopic (exact) mass is 285 g/mol. The first-order valence-corrected chi connectivity index (χ1v) is 7.28. The third-order valence-electron chi connectivity index (χ3n) is 3.77. The van der Waals surface area contributed by atoms with Gasteiger partial charge in [-0.3, -0.25) is 0 Å². The van der Waals surface area contributed by atoms with E-state index < -0.39 is 0 Å². The van der Waals surface area contributed by atoms with Crippen LogP contribution >= 0.6 is 0 Å². The Bertz CT molecular complexity index is 922. The lowest BCUT2D eigenvalue weighted by Gasteiger charge is -2.03. The second-order valence-corrected chi connectivity index (χ2v) is 5.36. The Morgan fingerprint density at radius 2 is 1.59 bits per heavy atom. The number of rotatable bonds is 2. The highest BCUT2D eigenvalue weighted by atomic mass is 15.3. The molecule has 106 valence electrons. The van der Waals surface area contributed by atoms with Gasteiger partial charge in [-0.15, -0.1) is 0 Å². The summed E-state index contributed by atoms with van der Waals surface area (Å²) >= 11 is 0. The Balaban J connectivity index is 1.89. The number of aryl methyl sites for hydroxylation is 1. The highest BCUT2D eigenvalue weighted by Crippen LogP contribution is 2.24. The lowest BCUT2D eigenvalue weighted by atomic mass is 10.1. The van der Waals surface area contributed by atoms with Crippen molar-refractivity contribution in [1.82, 2.24) is 14.6 Å². The predicted octanol–water partition coefficient (Wildman–Crippen LogP) is 4.37. The fourth-order valence-electron chi connectivity index (χ4n) is 2.59. The van der Waals surface area contributed by atoms with Crippen LogP contribution in [0.1, 0.15) is 5.56 Å². The van der Waals surface area contributed by atoms with E-state index >= 15 is 0 Å². The van der Waals surface area contributed by atoms with Crippen LogP contribution in [0.2, 0.25) is 0 Å². The molecule has 0 atom stereocenters. The summed E-state index contributed by atoms with van der Waals surface area (Å²) in [5.41, 5.74) is 6.33. The minimum absolute atomic E-state index is 0.858. The van der Waals surface area contributed by atoms with Crippen LogP contribution in [0, 0.1) is 6.92 Å². The quantitative estimate of drug-likeness (QED) is 0.547. The Hall–Kier alpha value is -2.94. The minimum Gasteiger partial charge on any atom is -0.237 e. The zero-order valence-electron chi connectivity index (χ0n) is 12.3. The molecule has 0 aliphatic heterocycles. The Morgan fingerprint density at radius 3 is 2.36 bits per heavy atom. The maximum absolute atomic E-state index is 4.74. The smallest absolute Gasteiger partial charge is 0.156 e. The summed E-state index contributed by atoms with van der Waals surface area (Å²) in [4.78, 5) is 4.43. The molecular weight excluding hydrogens is 270 g/mol. The van der Waals surface area contributed by atoms with Crippen LogP contribution in [-0.2, 0) is 0 Å². The van der Waals surface area contributed by atoms with Gasteiger partial charge in [0.15, 0.2) is 5.65 Å². The molecule has 0 aliphatic rings. The van der Waals surface area contributed by atoms with Gasteiger partial charge in [-0.25, -0.2) is 9.50 Å². The molecule has 3 nitrogen and oxygen atoms in total. The van der Waals surface area contributed by atoms with Crippen molar-refractivity contribution in [2.75, 3.05) is 0 Å². The van der Waals surface area contributed by atoms with Crippen molar-refractivity contribution >= 4 is 5.65 Å². The van der Waals surface area contributed by atoms with Crippen molar-refractivity contribution in [3.8, 4) is 22.5 Å². The van der Waals surface area contributed by atoms with Crippen molar-refractivity contribution in [1.29, 1.82) is 0 Å². The zero-order chi connectivity index (χ0) is 14.9. The van der Waals surface area contributed by atoms with Gasteiger partial charge < -0.3 is 0 Å². The van der Waals surface area contributed by atoms with Gasteiger partial charge in [0.1, 0.15) is 0 Å². The van der Waals surface area contributed by atoms with Crippen LogP contribution in [0.15, 0.2) is 72.9 Å². The van der Waals surface area contributed by atoms with Crippen molar-refractivity contribution in [2.45, 2.75) is 6.92 Å². The average Bonchev–Trinajstić information content (AvgIpc) is 3.00. The van der Waals surface area contributed by atoms with Gasteiger partial charge >= 0.3 is 0 Å². The van der Waals surface area contributed by atoms with E-state index in [9.17, 15) is 0 Å². The van der Waals surface area contributed by atoms with Crippen molar-refractivity contribution < 1.29 is 0 Å². The zero-order valence-corrected chi connectivity index (χ0v) is 12.3. The van der Waals surface area contributed by atoms with E-state index in [2.05, 4.69) is 48.3 Å². The molecule has 0 fully saturated rings. The highest BCUT2D eigenvalue weighted by molar-refractivity contribution is 5.68.